The van der Waals surface area contributed by atoms with Crippen molar-refractivity contribution in [2.75, 3.05) is 32.1 Å². The lowest BCUT2D eigenvalue weighted by atomic mass is 9.78. The molecule has 7 nitrogen and oxygen atoms in total. The number of nitrogens with one attached hydrogen (secondary N) is 2. The van der Waals surface area contributed by atoms with E-state index in [0.717, 1.165) is 37.3 Å². The summed E-state index contributed by atoms with van der Waals surface area (Å²) in [4.78, 5) is 21.1. The van der Waals surface area contributed by atoms with Crippen molar-refractivity contribution in [1.82, 2.24) is 15.3 Å². The number of aryl methyl sites for hydroxylation is 1. The third kappa shape index (κ3) is 5.38. The standard InChI is InChI=1S/C19H24N4O3.ClH/c1-14-7-10-21-18(22-14)26-16-5-3-15(4-6-16)23-17(24)19(13-25-2)8-11-20-12-9-19;/h3-7,10,20H,8-9,11-13H2,1-2H3,(H,23,24);1H. The van der Waals surface area contributed by atoms with E-state index in [1.807, 2.05) is 25.1 Å². The number of carbonyl (C=O) groups excluding carboxylic acids is 1. The van der Waals surface area contributed by atoms with Crippen LogP contribution in [0.1, 0.15) is 18.5 Å². The smallest absolute Gasteiger partial charge is 0.322 e. The number of anilines is 1. The van der Waals surface area contributed by atoms with Crippen molar-refractivity contribution in [1.29, 1.82) is 0 Å². The lowest BCUT2D eigenvalue weighted by Gasteiger charge is -2.35. The number of rotatable bonds is 6. The van der Waals surface area contributed by atoms with Crippen molar-refractivity contribution in [3.05, 3.63) is 42.2 Å². The van der Waals surface area contributed by atoms with Crippen LogP contribution >= 0.6 is 12.4 Å². The van der Waals surface area contributed by atoms with Gasteiger partial charge in [-0.25, -0.2) is 9.97 Å². The molecule has 2 heterocycles. The van der Waals surface area contributed by atoms with Gasteiger partial charge < -0.3 is 20.1 Å². The van der Waals surface area contributed by atoms with Crippen LogP contribution in [-0.2, 0) is 9.53 Å². The molecule has 1 amide bonds. The zero-order valence-corrected chi connectivity index (χ0v) is 16.3. The highest BCUT2D eigenvalue weighted by Crippen LogP contribution is 2.31. The van der Waals surface area contributed by atoms with Gasteiger partial charge in [-0.3, -0.25) is 4.79 Å². The summed E-state index contributed by atoms with van der Waals surface area (Å²) in [7, 11) is 1.64. The minimum absolute atomic E-state index is 0. The van der Waals surface area contributed by atoms with Crippen LogP contribution in [0, 0.1) is 12.3 Å². The van der Waals surface area contributed by atoms with Gasteiger partial charge in [-0.1, -0.05) is 0 Å². The Labute approximate surface area is 165 Å². The van der Waals surface area contributed by atoms with Gasteiger partial charge in [-0.15, -0.1) is 12.4 Å². The van der Waals surface area contributed by atoms with E-state index in [9.17, 15) is 4.79 Å². The van der Waals surface area contributed by atoms with Crippen LogP contribution < -0.4 is 15.4 Å². The summed E-state index contributed by atoms with van der Waals surface area (Å²) >= 11 is 0. The number of amides is 1. The first-order valence-electron chi connectivity index (χ1n) is 8.70. The van der Waals surface area contributed by atoms with Crippen molar-refractivity contribution < 1.29 is 14.3 Å². The van der Waals surface area contributed by atoms with Gasteiger partial charge in [-0.2, -0.15) is 0 Å². The first kappa shape index (κ1) is 21.1. The van der Waals surface area contributed by atoms with Crippen molar-refractivity contribution in [2.24, 2.45) is 5.41 Å². The monoisotopic (exact) mass is 392 g/mol. The molecule has 0 spiro atoms. The van der Waals surface area contributed by atoms with Gasteiger partial charge >= 0.3 is 6.01 Å². The molecule has 0 saturated carbocycles. The Balaban J connectivity index is 0.00000261. The Morgan fingerprint density at radius 1 is 1.22 bits per heavy atom. The molecule has 27 heavy (non-hydrogen) atoms. The van der Waals surface area contributed by atoms with Crippen molar-refractivity contribution in [3.63, 3.8) is 0 Å². The van der Waals surface area contributed by atoms with Crippen molar-refractivity contribution in [2.45, 2.75) is 19.8 Å². The molecule has 2 aromatic rings. The fourth-order valence-corrected chi connectivity index (χ4v) is 3.07. The van der Waals surface area contributed by atoms with E-state index < -0.39 is 5.41 Å². The van der Waals surface area contributed by atoms with Crippen LogP contribution in [0.3, 0.4) is 0 Å². The molecule has 3 rings (SSSR count). The van der Waals surface area contributed by atoms with Gasteiger partial charge in [0.15, 0.2) is 0 Å². The highest BCUT2D eigenvalue weighted by atomic mass is 35.5. The maximum absolute atomic E-state index is 12.8. The number of methoxy groups -OCH3 is 1. The molecule has 0 unspecified atom stereocenters. The number of halogens is 1. The number of hydrogen-bond acceptors (Lipinski definition) is 6. The van der Waals surface area contributed by atoms with Gasteiger partial charge in [0.2, 0.25) is 5.91 Å². The lowest BCUT2D eigenvalue weighted by molar-refractivity contribution is -0.130. The predicted molar refractivity (Wildman–Crippen MR) is 106 cm³/mol. The SMILES string of the molecule is COCC1(C(=O)Nc2ccc(Oc3nccc(C)n3)cc2)CCNCC1.Cl. The molecule has 146 valence electrons. The average Bonchev–Trinajstić information content (AvgIpc) is 2.64. The summed E-state index contributed by atoms with van der Waals surface area (Å²) in [5.41, 5.74) is 1.08. The summed E-state index contributed by atoms with van der Waals surface area (Å²) in [6.07, 6.45) is 3.18. The second kappa shape index (κ2) is 9.64. The Morgan fingerprint density at radius 3 is 2.56 bits per heavy atom. The number of carbonyl (C=O) groups is 1. The molecule has 2 N–H and O–H groups in total. The highest BCUT2D eigenvalue weighted by molar-refractivity contribution is 5.95. The third-order valence-electron chi connectivity index (χ3n) is 4.56. The van der Waals surface area contributed by atoms with Crippen LogP contribution in [0.5, 0.6) is 11.8 Å². The number of nitrogens with zero attached hydrogens (tertiary/aromatic N) is 2. The van der Waals surface area contributed by atoms with Crippen LogP contribution in [0.2, 0.25) is 0 Å². The number of aromatic nitrogens is 2. The number of ether oxygens (including phenoxy) is 2. The van der Waals surface area contributed by atoms with Crippen LogP contribution in [-0.4, -0.2) is 42.7 Å². The number of piperidine rings is 1. The first-order chi connectivity index (χ1) is 12.6. The van der Waals surface area contributed by atoms with Crippen LogP contribution in [0.4, 0.5) is 5.69 Å². The Bertz CT molecular complexity index is 743. The maximum Gasteiger partial charge on any atom is 0.322 e. The Morgan fingerprint density at radius 2 is 1.93 bits per heavy atom. The minimum Gasteiger partial charge on any atom is -0.424 e. The van der Waals surface area contributed by atoms with Crippen molar-refractivity contribution in [3.8, 4) is 11.8 Å². The molecule has 0 atom stereocenters. The zero-order valence-electron chi connectivity index (χ0n) is 15.5. The van der Waals surface area contributed by atoms with Gasteiger partial charge in [0.25, 0.3) is 0 Å². The van der Waals surface area contributed by atoms with E-state index in [0.29, 0.717) is 18.4 Å². The maximum atomic E-state index is 12.8. The fourth-order valence-electron chi connectivity index (χ4n) is 3.07. The lowest BCUT2D eigenvalue weighted by Crippen LogP contribution is -2.47. The Kier molecular flexibility index (Phi) is 7.53. The van der Waals surface area contributed by atoms with E-state index in [2.05, 4.69) is 20.6 Å². The largest absolute Gasteiger partial charge is 0.424 e. The van der Waals surface area contributed by atoms with Gasteiger partial charge in [0, 0.05) is 24.7 Å². The quantitative estimate of drug-likeness (QED) is 0.786. The topological polar surface area (TPSA) is 85.4 Å². The molecule has 8 heteroatoms. The molecule has 1 aliphatic heterocycles. The Hall–Kier alpha value is -2.22. The predicted octanol–water partition coefficient (Wildman–Crippen LogP) is 2.95. The minimum atomic E-state index is -0.482. The van der Waals surface area contributed by atoms with E-state index >= 15 is 0 Å². The van der Waals surface area contributed by atoms with Gasteiger partial charge in [0.05, 0.1) is 12.0 Å². The molecular formula is C19H25ClN4O3. The zero-order chi connectivity index (χ0) is 18.4. The van der Waals surface area contributed by atoms with E-state index in [1.165, 1.54) is 0 Å². The summed E-state index contributed by atoms with van der Waals surface area (Å²) in [6, 6.07) is 9.30. The van der Waals surface area contributed by atoms with Gasteiger partial charge in [0.1, 0.15) is 5.75 Å². The van der Waals surface area contributed by atoms with Gasteiger partial charge in [-0.05, 0) is 63.2 Å². The normalized spacial score (nSPS) is 15.5. The summed E-state index contributed by atoms with van der Waals surface area (Å²) in [6.45, 7) is 3.94. The summed E-state index contributed by atoms with van der Waals surface area (Å²) in [5, 5.41) is 6.29. The summed E-state index contributed by atoms with van der Waals surface area (Å²) in [5.74, 6) is 0.610. The average molecular weight is 393 g/mol. The second-order valence-electron chi connectivity index (χ2n) is 6.52. The number of benzene rings is 1. The molecule has 1 fully saturated rings. The molecule has 1 saturated heterocycles. The van der Waals surface area contributed by atoms with E-state index in [1.54, 1.807) is 25.4 Å². The molecule has 1 aromatic carbocycles. The van der Waals surface area contributed by atoms with Crippen LogP contribution in [0.25, 0.3) is 0 Å². The molecular weight excluding hydrogens is 368 g/mol. The molecule has 0 radical (unpaired) electrons. The molecule has 0 bridgehead atoms. The fraction of sp³-hybridized carbons (Fsp3) is 0.421. The molecule has 1 aromatic heterocycles. The highest BCUT2D eigenvalue weighted by Gasteiger charge is 2.39. The van der Waals surface area contributed by atoms with E-state index in [4.69, 9.17) is 9.47 Å². The summed E-state index contributed by atoms with van der Waals surface area (Å²) < 4.78 is 10.9. The second-order valence-corrected chi connectivity index (χ2v) is 6.52. The molecule has 0 aliphatic carbocycles. The first-order valence-corrected chi connectivity index (χ1v) is 8.70. The third-order valence-corrected chi connectivity index (χ3v) is 4.56. The van der Waals surface area contributed by atoms with E-state index in [-0.39, 0.29) is 18.3 Å². The molecule has 1 aliphatic rings. The van der Waals surface area contributed by atoms with Crippen LogP contribution in [0.15, 0.2) is 36.5 Å². The van der Waals surface area contributed by atoms with Crippen molar-refractivity contribution >= 4 is 24.0 Å². The number of hydrogen-bond donors (Lipinski definition) is 2.